The molecule has 0 aliphatic carbocycles. The van der Waals surface area contributed by atoms with Gasteiger partial charge in [0.1, 0.15) is 5.75 Å². The molecule has 3 aromatic rings. The average Bonchev–Trinajstić information content (AvgIpc) is 3.21. The number of hydrogen-bond donors (Lipinski definition) is 2. The Balaban J connectivity index is 1.69. The van der Waals surface area contributed by atoms with E-state index in [0.29, 0.717) is 48.9 Å². The van der Waals surface area contributed by atoms with Crippen molar-refractivity contribution in [3.63, 3.8) is 0 Å². The minimum Gasteiger partial charge on any atom is -0.455 e. The second kappa shape index (κ2) is 9.75. The number of rotatable bonds is 7. The molecule has 1 aliphatic heterocycles. The lowest BCUT2D eigenvalue weighted by Gasteiger charge is -2.22. The van der Waals surface area contributed by atoms with Crippen molar-refractivity contribution in [2.75, 3.05) is 36.0 Å². The normalized spacial score (nSPS) is 13.4. The third kappa shape index (κ3) is 4.83. The van der Waals surface area contributed by atoms with E-state index in [0.717, 1.165) is 11.3 Å². The highest BCUT2D eigenvalue weighted by molar-refractivity contribution is 6.07. The predicted molar refractivity (Wildman–Crippen MR) is 130 cm³/mol. The molecule has 0 spiro atoms. The van der Waals surface area contributed by atoms with Gasteiger partial charge in [-0.2, -0.15) is 0 Å². The van der Waals surface area contributed by atoms with Crippen LogP contribution in [0.1, 0.15) is 21.5 Å². The highest BCUT2D eigenvalue weighted by Gasteiger charge is 2.33. The SMILES string of the molecule is Cc1ccc(Oc2ccc(C(=O)NCCN)cc2N2CCN(c3ccccc3)C2=O)cc1C. The van der Waals surface area contributed by atoms with Crippen LogP contribution in [0.25, 0.3) is 0 Å². The fourth-order valence-electron chi connectivity index (χ4n) is 3.76. The number of amides is 3. The third-order valence-electron chi connectivity index (χ3n) is 5.72. The van der Waals surface area contributed by atoms with E-state index in [-0.39, 0.29) is 11.9 Å². The summed E-state index contributed by atoms with van der Waals surface area (Å²) in [5.41, 5.74) is 9.62. The number of nitrogens with one attached hydrogen (secondary N) is 1. The summed E-state index contributed by atoms with van der Waals surface area (Å²) in [6, 6.07) is 20.4. The van der Waals surface area contributed by atoms with Gasteiger partial charge in [-0.15, -0.1) is 0 Å². The van der Waals surface area contributed by atoms with Gasteiger partial charge in [0.2, 0.25) is 0 Å². The topological polar surface area (TPSA) is 87.9 Å². The van der Waals surface area contributed by atoms with E-state index in [9.17, 15) is 9.59 Å². The molecular formula is C26H28N4O3. The summed E-state index contributed by atoms with van der Waals surface area (Å²) in [6.07, 6.45) is 0. The second-order valence-electron chi connectivity index (χ2n) is 8.00. The maximum absolute atomic E-state index is 13.3. The first kappa shape index (κ1) is 22.4. The standard InChI is InChI=1S/C26H28N4O3/c1-18-8-10-22(16-19(18)2)33-24-11-9-20(25(31)28-13-12-27)17-23(24)30-15-14-29(26(30)32)21-6-4-3-5-7-21/h3-11,16-17H,12-15,27H2,1-2H3,(H,28,31). The van der Waals surface area contributed by atoms with Crippen LogP contribution in [0.3, 0.4) is 0 Å². The molecule has 4 rings (SSSR count). The van der Waals surface area contributed by atoms with Crippen molar-refractivity contribution < 1.29 is 14.3 Å². The molecule has 33 heavy (non-hydrogen) atoms. The Morgan fingerprint density at radius 1 is 0.970 bits per heavy atom. The molecule has 0 radical (unpaired) electrons. The molecule has 1 saturated heterocycles. The Morgan fingerprint density at radius 2 is 1.73 bits per heavy atom. The van der Waals surface area contributed by atoms with Crippen LogP contribution in [0.15, 0.2) is 66.7 Å². The Labute approximate surface area is 193 Å². The van der Waals surface area contributed by atoms with E-state index in [1.54, 1.807) is 28.0 Å². The van der Waals surface area contributed by atoms with Crippen LogP contribution in [0.4, 0.5) is 16.2 Å². The van der Waals surface area contributed by atoms with Crippen molar-refractivity contribution in [3.8, 4) is 11.5 Å². The minimum absolute atomic E-state index is 0.161. The molecule has 7 nitrogen and oxygen atoms in total. The lowest BCUT2D eigenvalue weighted by molar-refractivity contribution is 0.0954. The molecule has 1 aliphatic rings. The molecule has 170 valence electrons. The molecule has 0 unspecified atom stereocenters. The largest absolute Gasteiger partial charge is 0.455 e. The Bertz CT molecular complexity index is 1160. The van der Waals surface area contributed by atoms with E-state index in [4.69, 9.17) is 10.5 Å². The van der Waals surface area contributed by atoms with Crippen LogP contribution in [0, 0.1) is 13.8 Å². The number of benzene rings is 3. The van der Waals surface area contributed by atoms with Crippen LogP contribution in [-0.4, -0.2) is 38.1 Å². The van der Waals surface area contributed by atoms with Gasteiger partial charge in [0.25, 0.3) is 5.91 Å². The summed E-state index contributed by atoms with van der Waals surface area (Å²) in [7, 11) is 0. The van der Waals surface area contributed by atoms with Gasteiger partial charge in [-0.3, -0.25) is 14.6 Å². The van der Waals surface area contributed by atoms with Crippen molar-refractivity contribution in [2.45, 2.75) is 13.8 Å². The number of anilines is 2. The van der Waals surface area contributed by atoms with Gasteiger partial charge in [-0.25, -0.2) is 4.79 Å². The van der Waals surface area contributed by atoms with Gasteiger partial charge in [0.05, 0.1) is 5.69 Å². The Hall–Kier alpha value is -3.84. The van der Waals surface area contributed by atoms with Crippen molar-refractivity contribution in [1.82, 2.24) is 5.32 Å². The summed E-state index contributed by atoms with van der Waals surface area (Å²) in [5, 5.41) is 2.78. The lowest BCUT2D eigenvalue weighted by Crippen LogP contribution is -2.32. The number of carbonyl (C=O) groups is 2. The minimum atomic E-state index is -0.244. The maximum Gasteiger partial charge on any atom is 0.329 e. The number of para-hydroxylation sites is 1. The van der Waals surface area contributed by atoms with E-state index in [1.165, 1.54) is 5.56 Å². The van der Waals surface area contributed by atoms with Crippen LogP contribution < -0.4 is 25.6 Å². The number of carbonyl (C=O) groups excluding carboxylic acids is 2. The zero-order valence-electron chi connectivity index (χ0n) is 18.9. The number of urea groups is 1. The van der Waals surface area contributed by atoms with Crippen molar-refractivity contribution in [2.24, 2.45) is 5.73 Å². The van der Waals surface area contributed by atoms with Gasteiger partial charge < -0.3 is 15.8 Å². The first-order valence-electron chi connectivity index (χ1n) is 11.0. The molecule has 3 N–H and O–H groups in total. The van der Waals surface area contributed by atoms with E-state index < -0.39 is 0 Å². The molecule has 7 heteroatoms. The maximum atomic E-state index is 13.3. The first-order valence-corrected chi connectivity index (χ1v) is 11.0. The quantitative estimate of drug-likeness (QED) is 0.571. The molecule has 3 aromatic carbocycles. The van der Waals surface area contributed by atoms with Crippen LogP contribution in [0.2, 0.25) is 0 Å². The van der Waals surface area contributed by atoms with E-state index >= 15 is 0 Å². The fourth-order valence-corrected chi connectivity index (χ4v) is 3.76. The first-order chi connectivity index (χ1) is 16.0. The lowest BCUT2D eigenvalue weighted by atomic mass is 10.1. The predicted octanol–water partition coefficient (Wildman–Crippen LogP) is 4.23. The zero-order valence-corrected chi connectivity index (χ0v) is 18.9. The highest BCUT2D eigenvalue weighted by Crippen LogP contribution is 2.36. The van der Waals surface area contributed by atoms with Crippen LogP contribution >= 0.6 is 0 Å². The number of aryl methyl sites for hydroxylation is 2. The summed E-state index contributed by atoms with van der Waals surface area (Å²) in [5.74, 6) is 0.939. The number of nitrogens with two attached hydrogens (primary N) is 1. The van der Waals surface area contributed by atoms with Crippen molar-refractivity contribution in [3.05, 3.63) is 83.4 Å². The van der Waals surface area contributed by atoms with Gasteiger partial charge in [-0.05, 0) is 67.4 Å². The Morgan fingerprint density at radius 3 is 2.45 bits per heavy atom. The average molecular weight is 445 g/mol. The summed E-state index contributed by atoms with van der Waals surface area (Å²) >= 11 is 0. The van der Waals surface area contributed by atoms with Crippen LogP contribution in [0.5, 0.6) is 11.5 Å². The third-order valence-corrected chi connectivity index (χ3v) is 5.72. The van der Waals surface area contributed by atoms with Gasteiger partial charge >= 0.3 is 6.03 Å². The molecule has 0 saturated carbocycles. The van der Waals surface area contributed by atoms with E-state index in [1.807, 2.05) is 62.4 Å². The molecule has 0 atom stereocenters. The van der Waals surface area contributed by atoms with E-state index in [2.05, 4.69) is 5.32 Å². The number of hydrogen-bond acceptors (Lipinski definition) is 4. The van der Waals surface area contributed by atoms with Crippen molar-refractivity contribution in [1.29, 1.82) is 0 Å². The molecule has 3 amide bonds. The Kier molecular flexibility index (Phi) is 6.60. The summed E-state index contributed by atoms with van der Waals surface area (Å²) in [4.78, 5) is 29.3. The van der Waals surface area contributed by atoms with Gasteiger partial charge in [0, 0.05) is 37.4 Å². The second-order valence-corrected chi connectivity index (χ2v) is 8.00. The fraction of sp³-hybridized carbons (Fsp3) is 0.231. The summed E-state index contributed by atoms with van der Waals surface area (Å²) < 4.78 is 6.20. The molecule has 1 fully saturated rings. The number of ether oxygens (including phenoxy) is 1. The molecule has 1 heterocycles. The van der Waals surface area contributed by atoms with Crippen LogP contribution in [-0.2, 0) is 0 Å². The smallest absolute Gasteiger partial charge is 0.329 e. The van der Waals surface area contributed by atoms with Crippen molar-refractivity contribution >= 4 is 23.3 Å². The zero-order chi connectivity index (χ0) is 23.4. The molecule has 0 aromatic heterocycles. The van der Waals surface area contributed by atoms with Gasteiger partial charge in [-0.1, -0.05) is 24.3 Å². The monoisotopic (exact) mass is 444 g/mol. The molecule has 0 bridgehead atoms. The highest BCUT2D eigenvalue weighted by atomic mass is 16.5. The van der Waals surface area contributed by atoms with Gasteiger partial charge in [0.15, 0.2) is 5.75 Å². The molecular weight excluding hydrogens is 416 g/mol. The summed E-state index contributed by atoms with van der Waals surface area (Å²) in [6.45, 7) is 5.80. The number of nitrogens with zero attached hydrogens (tertiary/aromatic N) is 2.